The van der Waals surface area contributed by atoms with Crippen LogP contribution < -0.4 is 0 Å². The second-order valence-electron chi connectivity index (χ2n) is 4.38. The standard InChI is InChI=1S/C14H14FNO2S/c1-16(8-10-2-4-12(15)5-3-10)9-11-6-7-19-13(11)14(17)18/h2-7H,8-9H2,1H3,(H,17,18). The number of rotatable bonds is 5. The highest BCUT2D eigenvalue weighted by Crippen LogP contribution is 2.19. The lowest BCUT2D eigenvalue weighted by atomic mass is 10.2. The van der Waals surface area contributed by atoms with E-state index >= 15 is 0 Å². The molecule has 1 N–H and O–H groups in total. The van der Waals surface area contributed by atoms with Crippen LogP contribution in [0, 0.1) is 5.82 Å². The van der Waals surface area contributed by atoms with Crippen molar-refractivity contribution in [2.24, 2.45) is 0 Å². The molecule has 0 radical (unpaired) electrons. The van der Waals surface area contributed by atoms with E-state index < -0.39 is 5.97 Å². The molecule has 0 atom stereocenters. The van der Waals surface area contributed by atoms with Gasteiger partial charge in [0.15, 0.2) is 0 Å². The van der Waals surface area contributed by atoms with Gasteiger partial charge in [0.2, 0.25) is 0 Å². The maximum absolute atomic E-state index is 12.8. The van der Waals surface area contributed by atoms with Gasteiger partial charge in [0.05, 0.1) is 0 Å². The van der Waals surface area contributed by atoms with Crippen molar-refractivity contribution in [2.75, 3.05) is 7.05 Å². The quantitative estimate of drug-likeness (QED) is 0.913. The van der Waals surface area contributed by atoms with Crippen molar-refractivity contribution in [3.05, 3.63) is 57.5 Å². The molecule has 0 saturated carbocycles. The molecule has 1 heterocycles. The molecule has 100 valence electrons. The third-order valence-corrected chi connectivity index (χ3v) is 3.69. The first-order valence-electron chi connectivity index (χ1n) is 5.79. The zero-order chi connectivity index (χ0) is 13.8. The molecule has 0 aliphatic carbocycles. The Morgan fingerprint density at radius 1 is 1.26 bits per heavy atom. The number of hydrogen-bond donors (Lipinski definition) is 1. The first kappa shape index (κ1) is 13.7. The number of carbonyl (C=O) groups is 1. The zero-order valence-corrected chi connectivity index (χ0v) is 11.3. The van der Waals surface area contributed by atoms with Crippen molar-refractivity contribution in [3.63, 3.8) is 0 Å². The topological polar surface area (TPSA) is 40.5 Å². The number of halogens is 1. The van der Waals surface area contributed by atoms with Gasteiger partial charge in [0.1, 0.15) is 10.7 Å². The Morgan fingerprint density at radius 2 is 1.95 bits per heavy atom. The van der Waals surface area contributed by atoms with Crippen molar-refractivity contribution in [2.45, 2.75) is 13.1 Å². The molecule has 5 heteroatoms. The Balaban J connectivity index is 2.01. The van der Waals surface area contributed by atoms with Gasteiger partial charge in [0, 0.05) is 13.1 Å². The molecule has 0 bridgehead atoms. The summed E-state index contributed by atoms with van der Waals surface area (Å²) in [6.07, 6.45) is 0. The maximum atomic E-state index is 12.8. The molecule has 0 aliphatic heterocycles. The van der Waals surface area contributed by atoms with Gasteiger partial charge < -0.3 is 5.11 Å². The summed E-state index contributed by atoms with van der Waals surface area (Å²) in [6.45, 7) is 1.21. The second kappa shape index (κ2) is 5.95. The Labute approximate surface area is 114 Å². The number of carboxylic acids is 1. The van der Waals surface area contributed by atoms with Crippen LogP contribution in [0.5, 0.6) is 0 Å². The van der Waals surface area contributed by atoms with Gasteiger partial charge in [-0.2, -0.15) is 0 Å². The van der Waals surface area contributed by atoms with Gasteiger partial charge in [-0.05, 0) is 41.8 Å². The summed E-state index contributed by atoms with van der Waals surface area (Å²) in [5.74, 6) is -1.14. The molecule has 1 aromatic carbocycles. The molecule has 0 unspecified atom stereocenters. The highest BCUT2D eigenvalue weighted by atomic mass is 32.1. The molecule has 0 amide bonds. The van der Waals surface area contributed by atoms with E-state index in [9.17, 15) is 9.18 Å². The molecule has 0 fully saturated rings. The zero-order valence-electron chi connectivity index (χ0n) is 10.5. The molecule has 19 heavy (non-hydrogen) atoms. The summed E-state index contributed by atoms with van der Waals surface area (Å²) in [4.78, 5) is 13.4. The Hall–Kier alpha value is -1.72. The third kappa shape index (κ3) is 3.62. The van der Waals surface area contributed by atoms with Crippen LogP contribution in [-0.4, -0.2) is 23.0 Å². The van der Waals surface area contributed by atoms with Gasteiger partial charge in [0.25, 0.3) is 0 Å². The maximum Gasteiger partial charge on any atom is 0.346 e. The van der Waals surface area contributed by atoms with E-state index in [1.165, 1.54) is 23.5 Å². The molecule has 2 aromatic rings. The van der Waals surface area contributed by atoms with Crippen molar-refractivity contribution in [3.8, 4) is 0 Å². The molecular formula is C14H14FNO2S. The number of thiophene rings is 1. The summed E-state index contributed by atoms with van der Waals surface area (Å²) in [5.41, 5.74) is 1.80. The second-order valence-corrected chi connectivity index (χ2v) is 5.29. The average molecular weight is 279 g/mol. The normalized spacial score (nSPS) is 10.9. The van der Waals surface area contributed by atoms with Gasteiger partial charge in [-0.15, -0.1) is 11.3 Å². The summed E-state index contributed by atoms with van der Waals surface area (Å²) in [6, 6.07) is 8.15. The SMILES string of the molecule is CN(Cc1ccc(F)cc1)Cc1ccsc1C(=O)O. The fraction of sp³-hybridized carbons (Fsp3) is 0.214. The lowest BCUT2D eigenvalue weighted by Gasteiger charge is -2.16. The lowest BCUT2D eigenvalue weighted by Crippen LogP contribution is -2.18. The lowest BCUT2D eigenvalue weighted by molar-refractivity contribution is 0.0700. The Bertz CT molecular complexity index is 565. The van der Waals surface area contributed by atoms with Crippen LogP contribution in [0.25, 0.3) is 0 Å². The van der Waals surface area contributed by atoms with E-state index in [2.05, 4.69) is 0 Å². The number of aromatic carboxylic acids is 1. The smallest absolute Gasteiger partial charge is 0.346 e. The highest BCUT2D eigenvalue weighted by Gasteiger charge is 2.13. The van der Waals surface area contributed by atoms with Crippen LogP contribution in [0.1, 0.15) is 20.8 Å². The first-order chi connectivity index (χ1) is 9.06. The minimum atomic E-state index is -0.889. The predicted molar refractivity (Wildman–Crippen MR) is 72.8 cm³/mol. The molecule has 0 saturated heterocycles. The van der Waals surface area contributed by atoms with Crippen LogP contribution >= 0.6 is 11.3 Å². The first-order valence-corrected chi connectivity index (χ1v) is 6.67. The van der Waals surface area contributed by atoms with Gasteiger partial charge >= 0.3 is 5.97 Å². The summed E-state index contributed by atoms with van der Waals surface area (Å²) >= 11 is 1.23. The summed E-state index contributed by atoms with van der Waals surface area (Å²) in [5, 5.41) is 10.8. The molecule has 0 aliphatic rings. The molecular weight excluding hydrogens is 265 g/mol. The van der Waals surface area contributed by atoms with Crippen LogP contribution in [0.3, 0.4) is 0 Å². The molecule has 0 spiro atoms. The molecule has 2 rings (SSSR count). The average Bonchev–Trinajstić information content (AvgIpc) is 2.80. The summed E-state index contributed by atoms with van der Waals surface area (Å²) in [7, 11) is 1.91. The fourth-order valence-electron chi connectivity index (χ4n) is 1.90. The van der Waals surface area contributed by atoms with E-state index in [1.807, 2.05) is 18.0 Å². The number of nitrogens with zero attached hydrogens (tertiary/aromatic N) is 1. The van der Waals surface area contributed by atoms with Gasteiger partial charge in [-0.25, -0.2) is 9.18 Å². The van der Waals surface area contributed by atoms with Crippen LogP contribution in [0.2, 0.25) is 0 Å². The van der Waals surface area contributed by atoms with Crippen LogP contribution in [-0.2, 0) is 13.1 Å². The van der Waals surface area contributed by atoms with Crippen molar-refractivity contribution in [1.29, 1.82) is 0 Å². The number of benzene rings is 1. The number of hydrogen-bond acceptors (Lipinski definition) is 3. The predicted octanol–water partition coefficient (Wildman–Crippen LogP) is 3.22. The van der Waals surface area contributed by atoms with Crippen LogP contribution in [0.15, 0.2) is 35.7 Å². The van der Waals surface area contributed by atoms with E-state index in [1.54, 1.807) is 17.5 Å². The fourth-order valence-corrected chi connectivity index (χ4v) is 2.65. The van der Waals surface area contributed by atoms with E-state index in [4.69, 9.17) is 5.11 Å². The Morgan fingerprint density at radius 3 is 2.58 bits per heavy atom. The third-order valence-electron chi connectivity index (χ3n) is 2.75. The molecule has 1 aromatic heterocycles. The van der Waals surface area contributed by atoms with E-state index in [-0.39, 0.29) is 5.82 Å². The number of carboxylic acid groups (broad SMARTS) is 1. The van der Waals surface area contributed by atoms with Gasteiger partial charge in [-0.1, -0.05) is 12.1 Å². The van der Waals surface area contributed by atoms with Crippen LogP contribution in [0.4, 0.5) is 4.39 Å². The van der Waals surface area contributed by atoms with Gasteiger partial charge in [-0.3, -0.25) is 4.90 Å². The largest absolute Gasteiger partial charge is 0.477 e. The van der Waals surface area contributed by atoms with Crippen molar-refractivity contribution < 1.29 is 14.3 Å². The molecule has 3 nitrogen and oxygen atoms in total. The summed E-state index contributed by atoms with van der Waals surface area (Å²) < 4.78 is 12.8. The van der Waals surface area contributed by atoms with Crippen molar-refractivity contribution >= 4 is 17.3 Å². The minimum absolute atomic E-state index is 0.252. The van der Waals surface area contributed by atoms with E-state index in [0.717, 1.165) is 11.1 Å². The highest BCUT2D eigenvalue weighted by molar-refractivity contribution is 7.12. The minimum Gasteiger partial charge on any atom is -0.477 e. The Kier molecular flexibility index (Phi) is 4.29. The van der Waals surface area contributed by atoms with Crippen molar-refractivity contribution in [1.82, 2.24) is 4.90 Å². The van der Waals surface area contributed by atoms with E-state index in [0.29, 0.717) is 18.0 Å². The monoisotopic (exact) mass is 279 g/mol.